The van der Waals surface area contributed by atoms with Gasteiger partial charge in [-0.15, -0.1) is 0 Å². The smallest absolute Gasteiger partial charge is 0.173 e. The van der Waals surface area contributed by atoms with Crippen molar-refractivity contribution in [2.75, 3.05) is 6.61 Å². The molecular weight excluding hydrogens is 303 g/mol. The molecule has 2 aromatic rings. The predicted molar refractivity (Wildman–Crippen MR) is 87.6 cm³/mol. The van der Waals surface area contributed by atoms with Crippen molar-refractivity contribution < 1.29 is 9.13 Å². The highest BCUT2D eigenvalue weighted by molar-refractivity contribution is 6.32. The number of aromatic nitrogens is 1. The molecule has 1 heterocycles. The summed E-state index contributed by atoms with van der Waals surface area (Å²) in [7, 11) is 0. The van der Waals surface area contributed by atoms with E-state index in [-0.39, 0.29) is 23.4 Å². The van der Waals surface area contributed by atoms with Gasteiger partial charge in [0.05, 0.1) is 5.02 Å². The molecule has 22 heavy (non-hydrogen) atoms. The van der Waals surface area contributed by atoms with Crippen LogP contribution in [0.25, 0.3) is 11.1 Å². The van der Waals surface area contributed by atoms with E-state index in [1.807, 2.05) is 0 Å². The van der Waals surface area contributed by atoms with Crippen LogP contribution in [0.3, 0.4) is 0 Å². The summed E-state index contributed by atoms with van der Waals surface area (Å²) in [5.74, 6) is 0.0303. The van der Waals surface area contributed by atoms with E-state index in [0.29, 0.717) is 11.5 Å². The molecule has 0 radical (unpaired) electrons. The standard InChI is InChI=1S/C17H20ClFN2O/c1-11(2)7-14(20)10-22-17-15(18)8-13(9-16(17)19)12-3-5-21-6-4-12/h3-6,8-9,11,14H,7,10,20H2,1-2H3. The zero-order chi connectivity index (χ0) is 16.1. The van der Waals surface area contributed by atoms with Crippen LogP contribution < -0.4 is 10.5 Å². The molecule has 1 unspecified atom stereocenters. The molecule has 5 heteroatoms. The molecule has 1 aromatic heterocycles. The van der Waals surface area contributed by atoms with Gasteiger partial charge in [-0.25, -0.2) is 4.39 Å². The average molecular weight is 323 g/mol. The Hall–Kier alpha value is -1.65. The normalized spacial score (nSPS) is 12.5. The second-order valence-electron chi connectivity index (χ2n) is 5.71. The SMILES string of the molecule is CC(C)CC(N)COc1c(F)cc(-c2ccncc2)cc1Cl. The number of nitrogens with two attached hydrogens (primary N) is 1. The summed E-state index contributed by atoms with van der Waals surface area (Å²) in [5.41, 5.74) is 7.48. The van der Waals surface area contributed by atoms with Crippen molar-refractivity contribution in [1.82, 2.24) is 4.98 Å². The van der Waals surface area contributed by atoms with Crippen LogP contribution in [0, 0.1) is 11.7 Å². The maximum atomic E-state index is 14.2. The van der Waals surface area contributed by atoms with E-state index in [0.717, 1.165) is 12.0 Å². The lowest BCUT2D eigenvalue weighted by Crippen LogP contribution is -2.29. The van der Waals surface area contributed by atoms with Gasteiger partial charge in [0, 0.05) is 18.4 Å². The predicted octanol–water partition coefficient (Wildman–Crippen LogP) is 4.29. The highest BCUT2D eigenvalue weighted by Crippen LogP contribution is 2.33. The molecule has 1 atom stereocenters. The fourth-order valence-electron chi connectivity index (χ4n) is 2.27. The summed E-state index contributed by atoms with van der Waals surface area (Å²) < 4.78 is 19.7. The molecule has 0 saturated carbocycles. The first kappa shape index (κ1) is 16.7. The minimum Gasteiger partial charge on any atom is -0.487 e. The number of hydrogen-bond acceptors (Lipinski definition) is 3. The van der Waals surface area contributed by atoms with Crippen LogP contribution in [0.2, 0.25) is 5.02 Å². The zero-order valence-corrected chi connectivity index (χ0v) is 13.5. The lowest BCUT2D eigenvalue weighted by molar-refractivity contribution is 0.260. The van der Waals surface area contributed by atoms with E-state index in [1.54, 1.807) is 30.6 Å². The summed E-state index contributed by atoms with van der Waals surface area (Å²) in [6.07, 6.45) is 4.11. The molecule has 3 nitrogen and oxygen atoms in total. The molecule has 0 bridgehead atoms. The maximum Gasteiger partial charge on any atom is 0.173 e. The van der Waals surface area contributed by atoms with Crippen LogP contribution in [0.15, 0.2) is 36.7 Å². The van der Waals surface area contributed by atoms with Crippen LogP contribution in [0.1, 0.15) is 20.3 Å². The van der Waals surface area contributed by atoms with Gasteiger partial charge in [0.1, 0.15) is 6.61 Å². The van der Waals surface area contributed by atoms with E-state index in [9.17, 15) is 4.39 Å². The molecule has 1 aromatic carbocycles. The number of ether oxygens (including phenoxy) is 1. The van der Waals surface area contributed by atoms with E-state index in [2.05, 4.69) is 18.8 Å². The van der Waals surface area contributed by atoms with Crippen molar-refractivity contribution in [3.8, 4) is 16.9 Å². The topological polar surface area (TPSA) is 48.1 Å². The lowest BCUT2D eigenvalue weighted by atomic mass is 10.1. The van der Waals surface area contributed by atoms with Crippen LogP contribution in [0.5, 0.6) is 5.75 Å². The first-order chi connectivity index (χ1) is 10.5. The third-order valence-corrected chi connectivity index (χ3v) is 3.51. The molecule has 0 amide bonds. The van der Waals surface area contributed by atoms with Crippen molar-refractivity contribution in [2.24, 2.45) is 11.7 Å². The van der Waals surface area contributed by atoms with E-state index >= 15 is 0 Å². The fourth-order valence-corrected chi connectivity index (χ4v) is 2.54. The molecule has 118 valence electrons. The minimum absolute atomic E-state index is 0.0543. The van der Waals surface area contributed by atoms with Crippen molar-refractivity contribution in [3.63, 3.8) is 0 Å². The summed E-state index contributed by atoms with van der Waals surface area (Å²) >= 11 is 6.15. The highest BCUT2D eigenvalue weighted by atomic mass is 35.5. The quantitative estimate of drug-likeness (QED) is 0.863. The average Bonchev–Trinajstić information content (AvgIpc) is 2.46. The number of halogens is 2. The van der Waals surface area contributed by atoms with Gasteiger partial charge in [0.25, 0.3) is 0 Å². The van der Waals surface area contributed by atoms with E-state index < -0.39 is 5.82 Å². The Balaban J connectivity index is 2.14. The second kappa shape index (κ2) is 7.56. The number of pyridine rings is 1. The molecule has 0 fully saturated rings. The van der Waals surface area contributed by atoms with Crippen LogP contribution >= 0.6 is 11.6 Å². The second-order valence-corrected chi connectivity index (χ2v) is 6.11. The Bertz CT molecular complexity index is 596. The largest absolute Gasteiger partial charge is 0.487 e. The van der Waals surface area contributed by atoms with Crippen LogP contribution in [0.4, 0.5) is 4.39 Å². The number of benzene rings is 1. The molecule has 0 aliphatic heterocycles. The van der Waals surface area contributed by atoms with Crippen molar-refractivity contribution in [3.05, 3.63) is 47.5 Å². The Morgan fingerprint density at radius 1 is 1.23 bits per heavy atom. The molecule has 0 aliphatic carbocycles. The van der Waals surface area contributed by atoms with Crippen molar-refractivity contribution in [2.45, 2.75) is 26.3 Å². The van der Waals surface area contributed by atoms with Crippen LogP contribution in [-0.2, 0) is 0 Å². The monoisotopic (exact) mass is 322 g/mol. The summed E-state index contributed by atoms with van der Waals surface area (Å²) in [6, 6.07) is 6.54. The first-order valence-electron chi connectivity index (χ1n) is 7.25. The zero-order valence-electron chi connectivity index (χ0n) is 12.7. The van der Waals surface area contributed by atoms with Gasteiger partial charge < -0.3 is 10.5 Å². The summed E-state index contributed by atoms with van der Waals surface area (Å²) in [6.45, 7) is 4.40. The van der Waals surface area contributed by atoms with Gasteiger partial charge in [-0.1, -0.05) is 25.4 Å². The molecule has 0 aliphatic rings. The Morgan fingerprint density at radius 2 is 1.91 bits per heavy atom. The molecule has 0 spiro atoms. The van der Waals surface area contributed by atoms with Crippen LogP contribution in [-0.4, -0.2) is 17.6 Å². The van der Waals surface area contributed by atoms with Crippen molar-refractivity contribution >= 4 is 11.6 Å². The van der Waals surface area contributed by atoms with Crippen molar-refractivity contribution in [1.29, 1.82) is 0 Å². The Kier molecular flexibility index (Phi) is 5.75. The number of nitrogens with zero attached hydrogens (tertiary/aromatic N) is 1. The molecule has 2 N–H and O–H groups in total. The third-order valence-electron chi connectivity index (χ3n) is 3.23. The summed E-state index contributed by atoms with van der Waals surface area (Å²) in [4.78, 5) is 3.94. The Labute approximate surface area is 135 Å². The first-order valence-corrected chi connectivity index (χ1v) is 7.63. The van der Waals surface area contributed by atoms with Gasteiger partial charge in [0.15, 0.2) is 11.6 Å². The minimum atomic E-state index is -0.490. The van der Waals surface area contributed by atoms with Gasteiger partial charge in [-0.05, 0) is 47.7 Å². The lowest BCUT2D eigenvalue weighted by Gasteiger charge is -2.16. The van der Waals surface area contributed by atoms with Gasteiger partial charge in [0.2, 0.25) is 0 Å². The van der Waals surface area contributed by atoms with E-state index in [4.69, 9.17) is 22.1 Å². The Morgan fingerprint density at radius 3 is 2.50 bits per heavy atom. The van der Waals surface area contributed by atoms with E-state index in [1.165, 1.54) is 6.07 Å². The summed E-state index contributed by atoms with van der Waals surface area (Å²) in [5, 5.41) is 0.239. The van der Waals surface area contributed by atoms with Gasteiger partial charge in [-0.3, -0.25) is 4.98 Å². The fraction of sp³-hybridized carbons (Fsp3) is 0.353. The van der Waals surface area contributed by atoms with Gasteiger partial charge >= 0.3 is 0 Å². The highest BCUT2D eigenvalue weighted by Gasteiger charge is 2.14. The number of rotatable bonds is 6. The molecule has 0 saturated heterocycles. The maximum absolute atomic E-state index is 14.2. The number of hydrogen-bond donors (Lipinski definition) is 1. The molecule has 2 rings (SSSR count). The molecular formula is C17H20ClFN2O. The van der Waals surface area contributed by atoms with Gasteiger partial charge in [-0.2, -0.15) is 0 Å². The third kappa shape index (κ3) is 4.42.